The van der Waals surface area contributed by atoms with E-state index in [9.17, 15) is 9.18 Å². The van der Waals surface area contributed by atoms with Crippen LogP contribution < -0.4 is 4.74 Å². The number of benzene rings is 1. The van der Waals surface area contributed by atoms with Crippen molar-refractivity contribution in [2.45, 2.75) is 6.92 Å². The number of esters is 1. The van der Waals surface area contributed by atoms with Gasteiger partial charge >= 0.3 is 5.97 Å². The molecule has 6 nitrogen and oxygen atoms in total. The van der Waals surface area contributed by atoms with Crippen LogP contribution in [0, 0.1) is 12.7 Å². The molecule has 0 aliphatic carbocycles. The van der Waals surface area contributed by atoms with Gasteiger partial charge < -0.3 is 9.47 Å². The number of methoxy groups -OCH3 is 1. The molecule has 8 heteroatoms. The highest BCUT2D eigenvalue weighted by Crippen LogP contribution is 2.28. The maximum Gasteiger partial charge on any atom is 0.358 e. The molecule has 0 spiro atoms. The van der Waals surface area contributed by atoms with Crippen molar-refractivity contribution < 1.29 is 18.7 Å². The number of carbonyl (C=O) groups excluding carboxylic acids is 1. The minimum atomic E-state index is -0.608. The third-order valence-corrected chi connectivity index (χ3v) is 3.86. The molecular weight excluding hydrogens is 333 g/mol. The molecule has 24 heavy (non-hydrogen) atoms. The van der Waals surface area contributed by atoms with Crippen LogP contribution >= 0.6 is 11.3 Å². The van der Waals surface area contributed by atoms with Gasteiger partial charge in [0.25, 0.3) is 0 Å². The van der Waals surface area contributed by atoms with Gasteiger partial charge in [-0.15, -0.1) is 11.3 Å². The Kier molecular flexibility index (Phi) is 4.48. The Hall–Kier alpha value is -2.87. The van der Waals surface area contributed by atoms with E-state index < -0.39 is 11.8 Å². The van der Waals surface area contributed by atoms with Crippen molar-refractivity contribution in [2.75, 3.05) is 7.11 Å². The molecule has 0 aliphatic rings. The molecule has 2 heterocycles. The van der Waals surface area contributed by atoms with E-state index in [0.29, 0.717) is 11.3 Å². The SMILES string of the molecule is COC(=O)c1cnc(Oc2ccc(-c3csc(C)n3)cc2F)cn1. The van der Waals surface area contributed by atoms with Crippen molar-refractivity contribution in [1.29, 1.82) is 0 Å². The molecule has 3 rings (SSSR count). The van der Waals surface area contributed by atoms with Gasteiger partial charge in [-0.2, -0.15) is 0 Å². The molecule has 122 valence electrons. The van der Waals surface area contributed by atoms with Gasteiger partial charge in [-0.05, 0) is 25.1 Å². The van der Waals surface area contributed by atoms with Crippen molar-refractivity contribution in [3.8, 4) is 22.9 Å². The van der Waals surface area contributed by atoms with Crippen molar-refractivity contribution in [3.63, 3.8) is 0 Å². The van der Waals surface area contributed by atoms with E-state index in [4.69, 9.17) is 4.74 Å². The number of nitrogens with zero attached hydrogens (tertiary/aromatic N) is 3. The molecule has 0 fully saturated rings. The number of rotatable bonds is 4. The lowest BCUT2D eigenvalue weighted by molar-refractivity contribution is 0.0593. The molecule has 0 aliphatic heterocycles. The Labute approximate surface area is 140 Å². The van der Waals surface area contributed by atoms with Crippen molar-refractivity contribution in [2.24, 2.45) is 0 Å². The molecule has 0 atom stereocenters. The van der Waals surface area contributed by atoms with E-state index in [0.717, 1.165) is 5.01 Å². The van der Waals surface area contributed by atoms with Gasteiger partial charge in [0.1, 0.15) is 0 Å². The van der Waals surface area contributed by atoms with E-state index >= 15 is 0 Å². The van der Waals surface area contributed by atoms with Crippen LogP contribution in [0.15, 0.2) is 36.0 Å². The summed E-state index contributed by atoms with van der Waals surface area (Å²) in [7, 11) is 1.25. The van der Waals surface area contributed by atoms with E-state index in [1.807, 2.05) is 12.3 Å². The lowest BCUT2D eigenvalue weighted by atomic mass is 10.1. The van der Waals surface area contributed by atoms with E-state index in [1.54, 1.807) is 6.07 Å². The van der Waals surface area contributed by atoms with E-state index in [2.05, 4.69) is 19.7 Å². The summed E-state index contributed by atoms with van der Waals surface area (Å²) < 4.78 is 24.1. The quantitative estimate of drug-likeness (QED) is 0.672. The summed E-state index contributed by atoms with van der Waals surface area (Å²) in [4.78, 5) is 23.4. The summed E-state index contributed by atoms with van der Waals surface area (Å²) in [5, 5.41) is 2.77. The van der Waals surface area contributed by atoms with Gasteiger partial charge in [-0.3, -0.25) is 0 Å². The molecule has 0 radical (unpaired) electrons. The number of aromatic nitrogens is 3. The van der Waals surface area contributed by atoms with Crippen LogP contribution in [0.5, 0.6) is 11.6 Å². The Morgan fingerprint density at radius 2 is 2.08 bits per heavy atom. The van der Waals surface area contributed by atoms with E-state index in [1.165, 1.54) is 43.0 Å². The molecule has 1 aromatic carbocycles. The first-order chi connectivity index (χ1) is 11.6. The number of halogens is 1. The first kappa shape index (κ1) is 16.0. The minimum Gasteiger partial charge on any atom is -0.464 e. The summed E-state index contributed by atoms with van der Waals surface area (Å²) in [5.74, 6) is -1.08. The van der Waals surface area contributed by atoms with Crippen molar-refractivity contribution in [1.82, 2.24) is 15.0 Å². The van der Waals surface area contributed by atoms with Gasteiger partial charge in [0.05, 0.1) is 30.2 Å². The second-order valence-corrected chi connectivity index (χ2v) is 5.79. The number of aryl methyl sites for hydroxylation is 1. The molecule has 0 saturated carbocycles. The lowest BCUT2D eigenvalue weighted by Crippen LogP contribution is -2.05. The largest absolute Gasteiger partial charge is 0.464 e. The third kappa shape index (κ3) is 3.38. The van der Waals surface area contributed by atoms with Crippen LogP contribution in [0.2, 0.25) is 0 Å². The monoisotopic (exact) mass is 345 g/mol. The molecule has 2 aromatic heterocycles. The Morgan fingerprint density at radius 3 is 2.67 bits per heavy atom. The predicted molar refractivity (Wildman–Crippen MR) is 85.7 cm³/mol. The number of ether oxygens (including phenoxy) is 2. The normalized spacial score (nSPS) is 10.5. The Balaban J connectivity index is 1.79. The standard InChI is InChI=1S/C16H12FN3O3S/c1-9-20-13(8-24-9)10-3-4-14(11(17)5-10)23-15-7-18-12(6-19-15)16(21)22-2/h3-8H,1-2H3. The fourth-order valence-electron chi connectivity index (χ4n) is 1.93. The van der Waals surface area contributed by atoms with Gasteiger partial charge in [-0.25, -0.2) is 24.1 Å². The van der Waals surface area contributed by atoms with Gasteiger partial charge in [0, 0.05) is 10.9 Å². The summed E-state index contributed by atoms with van der Waals surface area (Å²) >= 11 is 1.50. The number of hydrogen-bond acceptors (Lipinski definition) is 7. The van der Waals surface area contributed by atoms with Gasteiger partial charge in [-0.1, -0.05) is 0 Å². The van der Waals surface area contributed by atoms with Crippen LogP contribution in [-0.4, -0.2) is 28.0 Å². The summed E-state index contributed by atoms with van der Waals surface area (Å²) in [6.07, 6.45) is 2.43. The second kappa shape index (κ2) is 6.71. The summed E-state index contributed by atoms with van der Waals surface area (Å²) in [6, 6.07) is 4.55. The molecule has 0 bridgehead atoms. The number of thiazole rings is 1. The average Bonchev–Trinajstić information content (AvgIpc) is 3.03. The Morgan fingerprint density at radius 1 is 1.25 bits per heavy atom. The first-order valence-electron chi connectivity index (χ1n) is 6.87. The topological polar surface area (TPSA) is 74.2 Å². The zero-order chi connectivity index (χ0) is 17.1. The smallest absolute Gasteiger partial charge is 0.358 e. The number of carbonyl (C=O) groups is 1. The van der Waals surface area contributed by atoms with Gasteiger partial charge in [0.15, 0.2) is 17.3 Å². The van der Waals surface area contributed by atoms with Crippen molar-refractivity contribution in [3.05, 3.63) is 52.5 Å². The second-order valence-electron chi connectivity index (χ2n) is 4.73. The van der Waals surface area contributed by atoms with Crippen LogP contribution in [0.4, 0.5) is 4.39 Å². The third-order valence-electron chi connectivity index (χ3n) is 3.08. The maximum atomic E-state index is 14.2. The fraction of sp³-hybridized carbons (Fsp3) is 0.125. The molecule has 0 saturated heterocycles. The van der Waals surface area contributed by atoms with Crippen LogP contribution in [0.25, 0.3) is 11.3 Å². The minimum absolute atomic E-state index is 0.00539. The zero-order valence-electron chi connectivity index (χ0n) is 12.8. The maximum absolute atomic E-state index is 14.2. The van der Waals surface area contributed by atoms with Gasteiger partial charge in [0.2, 0.25) is 5.88 Å². The molecule has 0 amide bonds. The molecular formula is C16H12FN3O3S. The van der Waals surface area contributed by atoms with Crippen LogP contribution in [0.1, 0.15) is 15.5 Å². The first-order valence-corrected chi connectivity index (χ1v) is 7.75. The fourth-order valence-corrected chi connectivity index (χ4v) is 2.55. The Bertz CT molecular complexity index is 881. The average molecular weight is 345 g/mol. The molecule has 0 N–H and O–H groups in total. The predicted octanol–water partition coefficient (Wildman–Crippen LogP) is 3.63. The highest BCUT2D eigenvalue weighted by Gasteiger charge is 2.12. The molecule has 0 unspecified atom stereocenters. The summed E-state index contributed by atoms with van der Waals surface area (Å²) in [6.45, 7) is 1.89. The highest BCUT2D eigenvalue weighted by atomic mass is 32.1. The summed E-state index contributed by atoms with van der Waals surface area (Å²) in [5.41, 5.74) is 1.42. The lowest BCUT2D eigenvalue weighted by Gasteiger charge is -2.07. The van der Waals surface area contributed by atoms with Crippen LogP contribution in [0.3, 0.4) is 0 Å². The number of hydrogen-bond donors (Lipinski definition) is 0. The van der Waals surface area contributed by atoms with Crippen molar-refractivity contribution >= 4 is 17.3 Å². The van der Waals surface area contributed by atoms with Crippen LogP contribution in [-0.2, 0) is 4.74 Å². The van der Waals surface area contributed by atoms with E-state index in [-0.39, 0.29) is 17.3 Å². The molecule has 3 aromatic rings. The highest BCUT2D eigenvalue weighted by molar-refractivity contribution is 7.09. The zero-order valence-corrected chi connectivity index (χ0v) is 13.6.